The molecule has 0 spiro atoms. The zero-order valence-corrected chi connectivity index (χ0v) is 11.6. The van der Waals surface area contributed by atoms with Crippen LogP contribution in [0.5, 0.6) is 0 Å². The molecule has 96 valence electrons. The second kappa shape index (κ2) is 5.82. The molecule has 0 atom stereocenters. The van der Waals surface area contributed by atoms with E-state index in [9.17, 15) is 0 Å². The van der Waals surface area contributed by atoms with Gasteiger partial charge in [0.15, 0.2) is 4.77 Å². The van der Waals surface area contributed by atoms with Gasteiger partial charge in [-0.1, -0.05) is 30.3 Å². The molecule has 1 aromatic carbocycles. The lowest BCUT2D eigenvalue weighted by molar-refractivity contribution is 0.714. The predicted molar refractivity (Wildman–Crippen MR) is 76.5 cm³/mol. The van der Waals surface area contributed by atoms with Crippen molar-refractivity contribution in [2.45, 2.75) is 19.9 Å². The normalized spacial score (nSPS) is 10.6. The highest BCUT2D eigenvalue weighted by Crippen LogP contribution is 2.10. The van der Waals surface area contributed by atoms with E-state index in [4.69, 9.17) is 12.2 Å². The molecule has 5 heteroatoms. The van der Waals surface area contributed by atoms with Crippen molar-refractivity contribution in [1.29, 1.82) is 0 Å². The summed E-state index contributed by atoms with van der Waals surface area (Å²) in [6, 6.07) is 10.5. The van der Waals surface area contributed by atoms with Crippen molar-refractivity contribution in [1.82, 2.24) is 14.8 Å². The number of aromatic amines is 1. The smallest absolute Gasteiger partial charge is 0.225 e. The Balaban J connectivity index is 2.04. The van der Waals surface area contributed by atoms with Crippen molar-refractivity contribution in [2.75, 3.05) is 18.5 Å². The fourth-order valence-corrected chi connectivity index (χ4v) is 2.18. The third-order valence-corrected chi connectivity index (χ3v) is 3.29. The molecule has 0 saturated carbocycles. The standard InChI is InChI=1S/C13H18N4S/c1-3-17-12(14-15-13(17)18)16(2)10-9-11-7-5-4-6-8-11/h4-8H,3,9-10H2,1-2H3,(H,15,18). The van der Waals surface area contributed by atoms with Gasteiger partial charge in [-0.15, -0.1) is 5.10 Å². The summed E-state index contributed by atoms with van der Waals surface area (Å²) in [6.45, 7) is 3.82. The van der Waals surface area contributed by atoms with Crippen LogP contribution < -0.4 is 4.90 Å². The third kappa shape index (κ3) is 2.79. The number of hydrogen-bond donors (Lipinski definition) is 1. The van der Waals surface area contributed by atoms with Gasteiger partial charge in [-0.25, -0.2) is 5.10 Å². The van der Waals surface area contributed by atoms with Crippen LogP contribution in [-0.4, -0.2) is 28.4 Å². The molecule has 1 heterocycles. The number of nitrogens with one attached hydrogen (secondary N) is 1. The number of hydrogen-bond acceptors (Lipinski definition) is 3. The first-order valence-corrected chi connectivity index (χ1v) is 6.53. The first-order chi connectivity index (χ1) is 8.72. The maximum absolute atomic E-state index is 5.19. The van der Waals surface area contributed by atoms with Crippen molar-refractivity contribution in [3.63, 3.8) is 0 Å². The summed E-state index contributed by atoms with van der Waals surface area (Å²) in [6.07, 6.45) is 1.00. The van der Waals surface area contributed by atoms with Gasteiger partial charge in [-0.2, -0.15) is 0 Å². The minimum atomic E-state index is 0.680. The summed E-state index contributed by atoms with van der Waals surface area (Å²) in [7, 11) is 2.04. The molecule has 1 N–H and O–H groups in total. The van der Waals surface area contributed by atoms with Gasteiger partial charge >= 0.3 is 0 Å². The Kier molecular flexibility index (Phi) is 4.15. The van der Waals surface area contributed by atoms with E-state index in [2.05, 4.69) is 46.3 Å². The van der Waals surface area contributed by atoms with Crippen LogP contribution in [-0.2, 0) is 13.0 Å². The van der Waals surface area contributed by atoms with Crippen LogP contribution >= 0.6 is 12.2 Å². The summed E-state index contributed by atoms with van der Waals surface area (Å²) in [5, 5.41) is 7.11. The molecule has 1 aromatic heterocycles. The molecule has 2 rings (SSSR count). The first kappa shape index (κ1) is 12.8. The van der Waals surface area contributed by atoms with Crippen molar-refractivity contribution >= 4 is 18.2 Å². The lowest BCUT2D eigenvalue weighted by Gasteiger charge is -2.18. The molecule has 0 amide bonds. The van der Waals surface area contributed by atoms with Gasteiger partial charge in [0, 0.05) is 20.1 Å². The summed E-state index contributed by atoms with van der Waals surface area (Å²) in [4.78, 5) is 2.13. The number of rotatable bonds is 5. The minimum absolute atomic E-state index is 0.680. The Labute approximate surface area is 112 Å². The van der Waals surface area contributed by atoms with Crippen molar-refractivity contribution in [3.05, 3.63) is 40.7 Å². The molecular weight excluding hydrogens is 244 g/mol. The highest BCUT2D eigenvalue weighted by atomic mass is 32.1. The van der Waals surface area contributed by atoms with Gasteiger partial charge in [-0.3, -0.25) is 4.57 Å². The summed E-state index contributed by atoms with van der Waals surface area (Å²) < 4.78 is 2.68. The second-order valence-electron chi connectivity index (χ2n) is 4.23. The van der Waals surface area contributed by atoms with E-state index >= 15 is 0 Å². The van der Waals surface area contributed by atoms with E-state index in [1.807, 2.05) is 17.7 Å². The zero-order valence-electron chi connectivity index (χ0n) is 10.8. The van der Waals surface area contributed by atoms with Crippen molar-refractivity contribution in [3.8, 4) is 0 Å². The van der Waals surface area contributed by atoms with Gasteiger partial charge in [0.2, 0.25) is 5.95 Å². The SMILES string of the molecule is CCn1c(N(C)CCc2ccccc2)n[nH]c1=S. The highest BCUT2D eigenvalue weighted by molar-refractivity contribution is 7.71. The van der Waals surface area contributed by atoms with Crippen LogP contribution in [0, 0.1) is 4.77 Å². The summed E-state index contributed by atoms with van der Waals surface area (Å²) >= 11 is 5.19. The van der Waals surface area contributed by atoms with Crippen molar-refractivity contribution in [2.24, 2.45) is 0 Å². The number of aromatic nitrogens is 3. The number of benzene rings is 1. The highest BCUT2D eigenvalue weighted by Gasteiger charge is 2.09. The van der Waals surface area contributed by atoms with E-state index in [0.717, 1.165) is 25.5 Å². The fraction of sp³-hybridized carbons (Fsp3) is 0.385. The van der Waals surface area contributed by atoms with Gasteiger partial charge in [0.25, 0.3) is 0 Å². The van der Waals surface area contributed by atoms with Crippen LogP contribution in [0.2, 0.25) is 0 Å². The molecule has 0 bridgehead atoms. The van der Waals surface area contributed by atoms with Gasteiger partial charge in [-0.05, 0) is 31.1 Å². The van der Waals surface area contributed by atoms with Gasteiger partial charge in [0.1, 0.15) is 0 Å². The molecule has 0 unspecified atom stereocenters. The molecular formula is C13H18N4S. The molecule has 0 saturated heterocycles. The maximum atomic E-state index is 5.19. The third-order valence-electron chi connectivity index (χ3n) is 2.97. The Hall–Kier alpha value is -1.62. The van der Waals surface area contributed by atoms with E-state index in [0.29, 0.717) is 4.77 Å². The Morgan fingerprint density at radius 2 is 2.06 bits per heavy atom. The number of likely N-dealkylation sites (N-methyl/N-ethyl adjacent to an activating group) is 1. The van der Waals surface area contributed by atoms with E-state index in [1.54, 1.807) is 0 Å². The number of H-pyrrole nitrogens is 1. The zero-order chi connectivity index (χ0) is 13.0. The van der Waals surface area contributed by atoms with Crippen LogP contribution in [0.3, 0.4) is 0 Å². The number of anilines is 1. The van der Waals surface area contributed by atoms with Crippen LogP contribution in [0.4, 0.5) is 5.95 Å². The van der Waals surface area contributed by atoms with E-state index < -0.39 is 0 Å². The molecule has 0 aliphatic heterocycles. The molecule has 18 heavy (non-hydrogen) atoms. The predicted octanol–water partition coefficient (Wildman–Crippen LogP) is 2.64. The summed E-state index contributed by atoms with van der Waals surface area (Å²) in [5.41, 5.74) is 1.33. The largest absolute Gasteiger partial charge is 0.344 e. The average molecular weight is 262 g/mol. The molecule has 2 aromatic rings. The van der Waals surface area contributed by atoms with Crippen LogP contribution in [0.1, 0.15) is 12.5 Å². The molecule has 0 radical (unpaired) electrons. The Morgan fingerprint density at radius 3 is 2.72 bits per heavy atom. The van der Waals surface area contributed by atoms with Crippen molar-refractivity contribution < 1.29 is 0 Å². The quantitative estimate of drug-likeness (QED) is 0.842. The molecule has 0 fully saturated rings. The van der Waals surface area contributed by atoms with Gasteiger partial charge < -0.3 is 4.90 Å². The molecule has 0 aliphatic carbocycles. The fourth-order valence-electron chi connectivity index (χ4n) is 1.93. The van der Waals surface area contributed by atoms with Crippen LogP contribution in [0.15, 0.2) is 30.3 Å². The lowest BCUT2D eigenvalue weighted by atomic mass is 10.1. The Bertz CT molecular complexity index is 544. The monoisotopic (exact) mass is 262 g/mol. The topological polar surface area (TPSA) is 36.9 Å². The Morgan fingerprint density at radius 1 is 1.33 bits per heavy atom. The molecule has 4 nitrogen and oxygen atoms in total. The maximum Gasteiger partial charge on any atom is 0.225 e. The van der Waals surface area contributed by atoms with E-state index in [1.165, 1.54) is 5.56 Å². The van der Waals surface area contributed by atoms with Gasteiger partial charge in [0.05, 0.1) is 0 Å². The second-order valence-corrected chi connectivity index (χ2v) is 4.62. The van der Waals surface area contributed by atoms with Crippen LogP contribution in [0.25, 0.3) is 0 Å². The lowest BCUT2D eigenvalue weighted by Crippen LogP contribution is -2.24. The summed E-state index contributed by atoms with van der Waals surface area (Å²) in [5.74, 6) is 0.901. The first-order valence-electron chi connectivity index (χ1n) is 6.12. The average Bonchev–Trinajstić information content (AvgIpc) is 2.78. The number of nitrogens with zero attached hydrogens (tertiary/aromatic N) is 3. The van der Waals surface area contributed by atoms with E-state index in [-0.39, 0.29) is 0 Å². The minimum Gasteiger partial charge on any atom is -0.344 e. The molecule has 0 aliphatic rings.